The SMILES string of the molecule is O=C(O)c1cnc2nc(N3C[C@H]4C[C@H](OCc5c(-c6c(Cl)cccc6Cl)noc5C5CC5)C[C@H]4C3)sc2c1. The highest BCUT2D eigenvalue weighted by Gasteiger charge is 2.43. The van der Waals surface area contributed by atoms with E-state index in [9.17, 15) is 9.90 Å². The molecular weight excluding hydrogens is 547 g/mol. The summed E-state index contributed by atoms with van der Waals surface area (Å²) in [5.41, 5.74) is 3.13. The van der Waals surface area contributed by atoms with Gasteiger partial charge < -0.3 is 19.3 Å². The zero-order valence-corrected chi connectivity index (χ0v) is 22.6. The van der Waals surface area contributed by atoms with Gasteiger partial charge in [0, 0.05) is 36.3 Å². The van der Waals surface area contributed by atoms with Gasteiger partial charge in [-0.1, -0.05) is 45.8 Å². The lowest BCUT2D eigenvalue weighted by molar-refractivity contribution is 0.0403. The molecule has 4 aromatic rings. The van der Waals surface area contributed by atoms with Gasteiger partial charge in [0.2, 0.25) is 0 Å². The van der Waals surface area contributed by atoms with Crippen LogP contribution in [0.25, 0.3) is 21.6 Å². The number of anilines is 1. The number of carboxylic acid groups (broad SMARTS) is 1. The third kappa shape index (κ3) is 4.35. The minimum atomic E-state index is -0.978. The first-order valence-corrected chi connectivity index (χ1v) is 14.3. The van der Waals surface area contributed by atoms with Gasteiger partial charge in [-0.25, -0.2) is 9.78 Å². The molecule has 38 heavy (non-hydrogen) atoms. The van der Waals surface area contributed by atoms with Gasteiger partial charge in [-0.2, -0.15) is 4.98 Å². The Balaban J connectivity index is 1.03. The standard InChI is InChI=1S/C27H24Cl2N4O4S/c28-19-2-1-3-20(29)22(19)23-18(24(37-32-23)13-4-5-13)12-36-17-6-15-10-33(11-16(15)7-17)27-31-25-21(38-27)8-14(9-30-25)26(34)35/h1-3,8-9,13,15-17H,4-7,10-12H2,(H,34,35)/t15-,16+,17+. The zero-order valence-electron chi connectivity index (χ0n) is 20.3. The number of halogens is 2. The Morgan fingerprint density at radius 2 is 1.92 bits per heavy atom. The van der Waals surface area contributed by atoms with E-state index in [0.717, 1.165) is 59.9 Å². The molecule has 3 atom stereocenters. The summed E-state index contributed by atoms with van der Waals surface area (Å²) in [5.74, 6) is 1.36. The van der Waals surface area contributed by atoms with Crippen molar-refractivity contribution in [2.75, 3.05) is 18.0 Å². The molecular formula is C27H24Cl2N4O4S. The number of thiazole rings is 1. The van der Waals surface area contributed by atoms with Crippen molar-refractivity contribution in [2.24, 2.45) is 11.8 Å². The molecule has 0 amide bonds. The van der Waals surface area contributed by atoms with Crippen LogP contribution < -0.4 is 4.90 Å². The van der Waals surface area contributed by atoms with Crippen LogP contribution in [0.3, 0.4) is 0 Å². The number of aromatic nitrogens is 3. The fourth-order valence-corrected chi connectivity index (χ4v) is 7.41. The van der Waals surface area contributed by atoms with Gasteiger partial charge in [-0.3, -0.25) is 0 Å². The summed E-state index contributed by atoms with van der Waals surface area (Å²) in [6.07, 6.45) is 5.70. The minimum absolute atomic E-state index is 0.166. The van der Waals surface area contributed by atoms with Gasteiger partial charge in [0.15, 0.2) is 10.8 Å². The molecule has 1 saturated heterocycles. The highest BCUT2D eigenvalue weighted by molar-refractivity contribution is 7.22. The molecule has 3 aliphatic rings. The van der Waals surface area contributed by atoms with Crippen LogP contribution in [0.5, 0.6) is 0 Å². The number of pyridine rings is 1. The quantitative estimate of drug-likeness (QED) is 0.263. The van der Waals surface area contributed by atoms with Crippen LogP contribution in [0.1, 0.15) is 53.3 Å². The smallest absolute Gasteiger partial charge is 0.337 e. The molecule has 7 rings (SSSR count). The van der Waals surface area contributed by atoms with Crippen LogP contribution in [-0.2, 0) is 11.3 Å². The number of carbonyl (C=O) groups is 1. The summed E-state index contributed by atoms with van der Waals surface area (Å²) < 4.78 is 13.1. The number of carboxylic acids is 1. The third-order valence-electron chi connectivity index (χ3n) is 7.89. The number of nitrogens with zero attached hydrogens (tertiary/aromatic N) is 4. The van der Waals surface area contributed by atoms with E-state index in [4.69, 9.17) is 32.5 Å². The van der Waals surface area contributed by atoms with Gasteiger partial charge in [0.05, 0.1) is 33.0 Å². The lowest BCUT2D eigenvalue weighted by Crippen LogP contribution is -2.23. The van der Waals surface area contributed by atoms with E-state index in [1.807, 2.05) is 18.2 Å². The van der Waals surface area contributed by atoms with Crippen molar-refractivity contribution in [3.63, 3.8) is 0 Å². The van der Waals surface area contributed by atoms with E-state index in [1.54, 1.807) is 6.07 Å². The van der Waals surface area contributed by atoms with Crippen LogP contribution in [0, 0.1) is 11.8 Å². The number of hydrogen-bond acceptors (Lipinski definition) is 8. The molecule has 2 saturated carbocycles. The minimum Gasteiger partial charge on any atom is -0.478 e. The van der Waals surface area contributed by atoms with Gasteiger partial charge in [0.1, 0.15) is 11.5 Å². The summed E-state index contributed by atoms with van der Waals surface area (Å²) >= 11 is 14.5. The Morgan fingerprint density at radius 1 is 1.18 bits per heavy atom. The van der Waals surface area contributed by atoms with Gasteiger partial charge >= 0.3 is 5.97 Å². The average molecular weight is 571 g/mol. The Hall–Kier alpha value is -2.72. The van der Waals surface area contributed by atoms with E-state index in [-0.39, 0.29) is 11.7 Å². The molecule has 1 aromatic carbocycles. The van der Waals surface area contributed by atoms with E-state index in [1.165, 1.54) is 17.5 Å². The number of aromatic carboxylic acids is 1. The normalized spacial score (nSPS) is 22.9. The van der Waals surface area contributed by atoms with Crippen molar-refractivity contribution in [3.8, 4) is 11.3 Å². The molecule has 0 radical (unpaired) electrons. The summed E-state index contributed by atoms with van der Waals surface area (Å²) in [5, 5.41) is 15.6. The Morgan fingerprint density at radius 3 is 2.61 bits per heavy atom. The molecule has 4 heterocycles. The lowest BCUT2D eigenvalue weighted by atomic mass is 10.0. The summed E-state index contributed by atoms with van der Waals surface area (Å²) in [6, 6.07) is 7.10. The highest BCUT2D eigenvalue weighted by atomic mass is 35.5. The van der Waals surface area contributed by atoms with Crippen LogP contribution in [-0.4, -0.2) is 45.4 Å². The third-order valence-corrected chi connectivity index (χ3v) is 9.57. The lowest BCUT2D eigenvalue weighted by Gasteiger charge is -2.19. The van der Waals surface area contributed by atoms with Crippen molar-refractivity contribution < 1.29 is 19.2 Å². The maximum absolute atomic E-state index is 11.3. The fourth-order valence-electron chi connectivity index (χ4n) is 5.85. The zero-order chi connectivity index (χ0) is 26.0. The number of benzene rings is 1. The second-order valence-corrected chi connectivity index (χ2v) is 12.2. The van der Waals surface area contributed by atoms with Crippen molar-refractivity contribution in [3.05, 3.63) is 57.4 Å². The molecule has 0 spiro atoms. The first-order chi connectivity index (χ1) is 18.4. The van der Waals surface area contributed by atoms with Crippen molar-refractivity contribution in [2.45, 2.75) is 44.3 Å². The predicted octanol–water partition coefficient (Wildman–Crippen LogP) is 6.66. The molecule has 0 unspecified atom stereocenters. The van der Waals surface area contributed by atoms with Crippen molar-refractivity contribution >= 4 is 56.0 Å². The fraction of sp³-hybridized carbons (Fsp3) is 0.407. The Kier molecular flexibility index (Phi) is 6.07. The van der Waals surface area contributed by atoms with Crippen LogP contribution in [0.15, 0.2) is 35.0 Å². The summed E-state index contributed by atoms with van der Waals surface area (Å²) in [6.45, 7) is 2.25. The van der Waals surface area contributed by atoms with E-state index in [0.29, 0.717) is 51.3 Å². The topological polar surface area (TPSA) is 102 Å². The molecule has 8 nitrogen and oxygen atoms in total. The monoisotopic (exact) mass is 570 g/mol. The average Bonchev–Trinajstić information content (AvgIpc) is 3.19. The van der Waals surface area contributed by atoms with Gasteiger partial charge in [-0.05, 0) is 55.7 Å². The number of fused-ring (bicyclic) bond motifs is 2. The predicted molar refractivity (Wildman–Crippen MR) is 145 cm³/mol. The van der Waals surface area contributed by atoms with Crippen LogP contribution in [0.4, 0.5) is 5.13 Å². The Bertz CT molecular complexity index is 1520. The summed E-state index contributed by atoms with van der Waals surface area (Å²) in [4.78, 5) is 22.5. The van der Waals surface area contributed by atoms with Crippen LogP contribution >= 0.6 is 34.5 Å². The first-order valence-electron chi connectivity index (χ1n) is 12.7. The maximum atomic E-state index is 11.3. The van der Waals surface area contributed by atoms with E-state index < -0.39 is 5.97 Å². The molecule has 0 bridgehead atoms. The highest BCUT2D eigenvalue weighted by Crippen LogP contribution is 2.47. The van der Waals surface area contributed by atoms with Crippen molar-refractivity contribution in [1.29, 1.82) is 0 Å². The van der Waals surface area contributed by atoms with E-state index >= 15 is 0 Å². The summed E-state index contributed by atoms with van der Waals surface area (Å²) in [7, 11) is 0. The van der Waals surface area contributed by atoms with Crippen molar-refractivity contribution in [1.82, 2.24) is 15.1 Å². The van der Waals surface area contributed by atoms with E-state index in [2.05, 4.69) is 20.0 Å². The molecule has 2 aliphatic carbocycles. The van der Waals surface area contributed by atoms with Crippen LogP contribution in [0.2, 0.25) is 10.0 Å². The molecule has 196 valence electrons. The largest absolute Gasteiger partial charge is 0.478 e. The van der Waals surface area contributed by atoms with Gasteiger partial charge in [-0.15, -0.1) is 0 Å². The number of rotatable bonds is 7. The maximum Gasteiger partial charge on any atom is 0.337 e. The first kappa shape index (κ1) is 24.3. The number of ether oxygens (including phenoxy) is 1. The Labute approximate surface area is 232 Å². The second-order valence-electron chi connectivity index (χ2n) is 10.4. The molecule has 3 fully saturated rings. The molecule has 1 N–H and O–H groups in total. The molecule has 11 heteroatoms. The number of hydrogen-bond donors (Lipinski definition) is 1. The molecule has 1 aliphatic heterocycles. The molecule has 3 aromatic heterocycles. The van der Waals surface area contributed by atoms with Gasteiger partial charge in [0.25, 0.3) is 0 Å². The second kappa shape index (κ2) is 9.48.